The van der Waals surface area contributed by atoms with E-state index in [4.69, 9.17) is 0 Å². The minimum Gasteiger partial charge on any atom is -0.307 e. The topological polar surface area (TPSA) is 55.8 Å². The van der Waals surface area contributed by atoms with Crippen LogP contribution in [0.3, 0.4) is 0 Å². The van der Waals surface area contributed by atoms with E-state index in [0.29, 0.717) is 22.5 Å². The van der Waals surface area contributed by atoms with Crippen molar-refractivity contribution in [2.75, 3.05) is 4.90 Å². The van der Waals surface area contributed by atoms with Gasteiger partial charge in [-0.3, -0.25) is 0 Å². The number of rotatable bonds is 6. The first kappa shape index (κ1) is 30.6. The van der Waals surface area contributed by atoms with Crippen molar-refractivity contribution in [3.05, 3.63) is 193 Å². The van der Waals surface area contributed by atoms with Crippen molar-refractivity contribution in [3.63, 3.8) is 0 Å². The normalized spacial score (nSPS) is 11.0. The monoisotopic (exact) mass is 662 g/mol. The molecule has 0 aliphatic heterocycles. The number of fused-ring (bicyclic) bond motifs is 4. The Kier molecular flexibility index (Phi) is 7.55. The molecule has 1 aromatic heterocycles. The predicted octanol–water partition coefficient (Wildman–Crippen LogP) is 12.5. The van der Waals surface area contributed by atoms with Crippen LogP contribution in [0.25, 0.3) is 60.5 Å². The Morgan fingerprint density at radius 2 is 0.923 bits per heavy atom. The molecule has 4 nitrogen and oxygen atoms in total. The summed E-state index contributed by atoms with van der Waals surface area (Å²) in [7, 11) is 0. The van der Waals surface area contributed by atoms with E-state index in [1.165, 1.54) is 0 Å². The van der Waals surface area contributed by atoms with Gasteiger partial charge < -0.3 is 9.47 Å². The van der Waals surface area contributed by atoms with E-state index >= 15 is 0 Å². The maximum absolute atomic E-state index is 10.8. The van der Waals surface area contributed by atoms with Crippen LogP contribution >= 0.6 is 0 Å². The zero-order valence-corrected chi connectivity index (χ0v) is 28.1. The summed E-state index contributed by atoms with van der Waals surface area (Å²) in [5, 5.41) is 26.0. The fraction of sp³-hybridized carbons (Fsp3) is 0. The molecule has 4 heteroatoms. The van der Waals surface area contributed by atoms with E-state index in [-0.39, 0.29) is 0 Å². The lowest BCUT2D eigenvalue weighted by atomic mass is 10.0. The SMILES string of the molecule is N#Cc1ccc(C#N)c(-n2c3ccc(-c4ccccc4)cc3c3cc(-c4ccccc4)ccc32)c1N(c1ccccc1)c1ccc2ccccc2c1. The molecular weight excluding hydrogens is 633 g/mol. The Morgan fingerprint density at radius 1 is 0.404 bits per heavy atom. The smallest absolute Gasteiger partial charge is 0.101 e. The molecule has 0 bridgehead atoms. The van der Waals surface area contributed by atoms with Gasteiger partial charge in [0, 0.05) is 22.1 Å². The molecule has 9 aromatic rings. The lowest BCUT2D eigenvalue weighted by molar-refractivity contribution is 1.13. The van der Waals surface area contributed by atoms with Crippen LogP contribution in [0.4, 0.5) is 17.1 Å². The van der Waals surface area contributed by atoms with Gasteiger partial charge in [-0.25, -0.2) is 0 Å². The maximum Gasteiger partial charge on any atom is 0.101 e. The molecule has 52 heavy (non-hydrogen) atoms. The van der Waals surface area contributed by atoms with E-state index in [1.54, 1.807) is 12.1 Å². The first-order valence-corrected chi connectivity index (χ1v) is 17.2. The number of nitriles is 2. The third-order valence-corrected chi connectivity index (χ3v) is 9.82. The van der Waals surface area contributed by atoms with E-state index < -0.39 is 0 Å². The van der Waals surface area contributed by atoms with Gasteiger partial charge in [-0.2, -0.15) is 10.5 Å². The highest BCUT2D eigenvalue weighted by atomic mass is 15.2. The van der Waals surface area contributed by atoms with E-state index in [2.05, 4.69) is 137 Å². The molecule has 1 heterocycles. The lowest BCUT2D eigenvalue weighted by Gasteiger charge is -2.30. The van der Waals surface area contributed by atoms with Gasteiger partial charge in [0.05, 0.1) is 33.5 Å². The van der Waals surface area contributed by atoms with Gasteiger partial charge in [0.25, 0.3) is 0 Å². The molecule has 0 atom stereocenters. The van der Waals surface area contributed by atoms with Crippen molar-refractivity contribution >= 4 is 49.6 Å². The molecule has 8 aromatic carbocycles. The van der Waals surface area contributed by atoms with Crippen LogP contribution in [-0.2, 0) is 0 Å². The molecule has 0 unspecified atom stereocenters. The van der Waals surface area contributed by atoms with Crippen molar-refractivity contribution in [2.24, 2.45) is 0 Å². The molecule has 0 spiro atoms. The molecule has 0 N–H and O–H groups in total. The first-order chi connectivity index (χ1) is 25.7. The zero-order valence-electron chi connectivity index (χ0n) is 28.1. The Labute approximate surface area is 301 Å². The predicted molar refractivity (Wildman–Crippen MR) is 213 cm³/mol. The molecule has 0 radical (unpaired) electrons. The number of benzene rings is 8. The largest absolute Gasteiger partial charge is 0.307 e. The molecule has 0 saturated carbocycles. The van der Waals surface area contributed by atoms with Crippen molar-refractivity contribution in [3.8, 4) is 40.1 Å². The average molecular weight is 663 g/mol. The van der Waals surface area contributed by atoms with E-state index in [1.807, 2.05) is 54.6 Å². The minimum absolute atomic E-state index is 0.461. The maximum atomic E-state index is 10.8. The Bertz CT molecular complexity index is 2760. The van der Waals surface area contributed by atoms with Crippen molar-refractivity contribution in [2.45, 2.75) is 0 Å². The summed E-state index contributed by atoms with van der Waals surface area (Å²) in [5.74, 6) is 0. The average Bonchev–Trinajstić information content (AvgIpc) is 3.54. The van der Waals surface area contributed by atoms with Crippen LogP contribution in [0.1, 0.15) is 11.1 Å². The van der Waals surface area contributed by atoms with E-state index in [0.717, 1.165) is 66.2 Å². The number of hydrogen-bond donors (Lipinski definition) is 0. The van der Waals surface area contributed by atoms with Crippen molar-refractivity contribution in [1.29, 1.82) is 10.5 Å². The highest BCUT2D eigenvalue weighted by molar-refractivity contribution is 6.12. The zero-order chi connectivity index (χ0) is 35.0. The highest BCUT2D eigenvalue weighted by Gasteiger charge is 2.27. The van der Waals surface area contributed by atoms with Gasteiger partial charge in [0.2, 0.25) is 0 Å². The number of aromatic nitrogens is 1. The molecule has 0 amide bonds. The Balaban J connectivity index is 1.40. The second-order valence-corrected chi connectivity index (χ2v) is 12.8. The molecule has 0 saturated heterocycles. The molecule has 9 rings (SSSR count). The van der Waals surface area contributed by atoms with E-state index in [9.17, 15) is 10.5 Å². The van der Waals surface area contributed by atoms with Gasteiger partial charge in [-0.15, -0.1) is 0 Å². The molecule has 0 fully saturated rings. The van der Waals surface area contributed by atoms with Crippen molar-refractivity contribution < 1.29 is 0 Å². The Morgan fingerprint density at radius 3 is 1.50 bits per heavy atom. The summed E-state index contributed by atoms with van der Waals surface area (Å²) < 4.78 is 2.18. The summed E-state index contributed by atoms with van der Waals surface area (Å²) in [5.41, 5.74) is 10.3. The lowest BCUT2D eigenvalue weighted by Crippen LogP contribution is -2.16. The molecule has 242 valence electrons. The highest BCUT2D eigenvalue weighted by Crippen LogP contribution is 2.46. The summed E-state index contributed by atoms with van der Waals surface area (Å²) in [6.45, 7) is 0. The molecular formula is C48H30N4. The van der Waals surface area contributed by atoms with Crippen LogP contribution in [0.2, 0.25) is 0 Å². The summed E-state index contributed by atoms with van der Waals surface area (Å²) in [6, 6.07) is 67.1. The summed E-state index contributed by atoms with van der Waals surface area (Å²) >= 11 is 0. The number of anilines is 3. The van der Waals surface area contributed by atoms with Crippen molar-refractivity contribution in [1.82, 2.24) is 4.57 Å². The quantitative estimate of drug-likeness (QED) is 0.178. The van der Waals surface area contributed by atoms with Crippen LogP contribution in [0.15, 0.2) is 182 Å². The summed E-state index contributed by atoms with van der Waals surface area (Å²) in [6.07, 6.45) is 0. The van der Waals surface area contributed by atoms with Crippen LogP contribution in [0.5, 0.6) is 0 Å². The van der Waals surface area contributed by atoms with Gasteiger partial charge >= 0.3 is 0 Å². The molecule has 0 aliphatic rings. The van der Waals surface area contributed by atoms with Crippen LogP contribution < -0.4 is 4.90 Å². The minimum atomic E-state index is 0.461. The third-order valence-electron chi connectivity index (χ3n) is 9.82. The summed E-state index contributed by atoms with van der Waals surface area (Å²) in [4.78, 5) is 2.12. The Hall–Kier alpha value is -7.40. The fourth-order valence-corrected chi connectivity index (χ4v) is 7.40. The van der Waals surface area contributed by atoms with Gasteiger partial charge in [0.15, 0.2) is 0 Å². The van der Waals surface area contributed by atoms with Gasteiger partial charge in [0.1, 0.15) is 12.1 Å². The number of para-hydroxylation sites is 1. The van der Waals surface area contributed by atoms with Crippen LogP contribution in [0, 0.1) is 22.7 Å². The van der Waals surface area contributed by atoms with Gasteiger partial charge in [-0.05, 0) is 93.7 Å². The second kappa shape index (κ2) is 12.8. The van der Waals surface area contributed by atoms with Crippen LogP contribution in [-0.4, -0.2) is 4.57 Å². The fourth-order valence-electron chi connectivity index (χ4n) is 7.40. The number of hydrogen-bond acceptors (Lipinski definition) is 3. The first-order valence-electron chi connectivity index (χ1n) is 17.2. The third kappa shape index (κ3) is 5.15. The van der Waals surface area contributed by atoms with Gasteiger partial charge in [-0.1, -0.05) is 121 Å². The molecule has 0 aliphatic carbocycles. The number of nitrogens with zero attached hydrogens (tertiary/aromatic N) is 4. The second-order valence-electron chi connectivity index (χ2n) is 12.8. The standard InChI is InChI=1S/C48H30N4/c49-31-39-20-21-40(32-50)48(47(39)51(41-18-8-3-9-19-41)42-25-22-35-16-10-11-17-36(35)28-42)52-45-26-23-37(33-12-4-1-5-13-33)29-43(45)44-30-38(24-27-46(44)52)34-14-6-2-7-15-34/h1-30H.